The first kappa shape index (κ1) is 12.2. The van der Waals surface area contributed by atoms with E-state index in [0.29, 0.717) is 6.04 Å². The van der Waals surface area contributed by atoms with Gasteiger partial charge in [0, 0.05) is 16.3 Å². The number of nitrogens with one attached hydrogen (secondary N) is 1. The molecule has 0 saturated heterocycles. The predicted molar refractivity (Wildman–Crippen MR) is 75.2 cm³/mol. The van der Waals surface area contributed by atoms with Crippen LogP contribution in [-0.4, -0.2) is 11.9 Å². The number of aryl methyl sites for hydroxylation is 1. The van der Waals surface area contributed by atoms with Gasteiger partial charge < -0.3 is 5.32 Å². The van der Waals surface area contributed by atoms with E-state index in [1.54, 1.807) is 11.3 Å². The van der Waals surface area contributed by atoms with E-state index in [4.69, 9.17) is 0 Å². The Morgan fingerprint density at radius 1 is 1.33 bits per heavy atom. The molecular weight excluding hydrogens is 242 g/mol. The van der Waals surface area contributed by atoms with Crippen molar-refractivity contribution in [3.63, 3.8) is 0 Å². The van der Waals surface area contributed by atoms with Gasteiger partial charge in [-0.1, -0.05) is 6.92 Å². The first-order chi connectivity index (χ1) is 8.74. The molecule has 1 aromatic heterocycles. The number of carbonyl (C=O) groups is 1. The molecule has 2 aliphatic carbocycles. The highest BCUT2D eigenvalue weighted by Crippen LogP contribution is 2.31. The van der Waals surface area contributed by atoms with Gasteiger partial charge in [0.25, 0.3) is 5.91 Å². The van der Waals surface area contributed by atoms with Gasteiger partial charge in [0.15, 0.2) is 0 Å². The summed E-state index contributed by atoms with van der Waals surface area (Å²) in [6.07, 6.45) is 8.36. The van der Waals surface area contributed by atoms with Crippen LogP contribution in [0.4, 0.5) is 0 Å². The van der Waals surface area contributed by atoms with Gasteiger partial charge in [-0.15, -0.1) is 11.3 Å². The summed E-state index contributed by atoms with van der Waals surface area (Å²) in [5.41, 5.74) is 2.31. The number of hydrogen-bond donors (Lipinski definition) is 1. The summed E-state index contributed by atoms with van der Waals surface area (Å²) in [7, 11) is 0. The van der Waals surface area contributed by atoms with Crippen molar-refractivity contribution >= 4 is 17.2 Å². The zero-order valence-electron chi connectivity index (χ0n) is 11.0. The molecule has 0 radical (unpaired) electrons. The third-order valence-corrected chi connectivity index (χ3v) is 5.42. The lowest BCUT2D eigenvalue weighted by Crippen LogP contribution is -2.33. The average molecular weight is 263 g/mol. The van der Waals surface area contributed by atoms with Crippen LogP contribution in [0.2, 0.25) is 0 Å². The monoisotopic (exact) mass is 263 g/mol. The van der Waals surface area contributed by atoms with Crippen molar-refractivity contribution in [2.24, 2.45) is 5.92 Å². The molecule has 1 N–H and O–H groups in total. The van der Waals surface area contributed by atoms with E-state index in [0.717, 1.165) is 30.7 Å². The Kier molecular flexibility index (Phi) is 3.42. The van der Waals surface area contributed by atoms with E-state index >= 15 is 0 Å². The van der Waals surface area contributed by atoms with E-state index in [2.05, 4.69) is 17.6 Å². The molecule has 3 heteroatoms. The molecule has 2 atom stereocenters. The lowest BCUT2D eigenvalue weighted by Gasteiger charge is -2.15. The summed E-state index contributed by atoms with van der Waals surface area (Å²) in [5.74, 6) is 0.945. The van der Waals surface area contributed by atoms with E-state index in [1.807, 2.05) is 0 Å². The molecule has 2 unspecified atom stereocenters. The summed E-state index contributed by atoms with van der Waals surface area (Å²) in [4.78, 5) is 13.8. The summed E-state index contributed by atoms with van der Waals surface area (Å²) in [6, 6.07) is 0.409. The summed E-state index contributed by atoms with van der Waals surface area (Å²) in [6.45, 7) is 2.28. The minimum absolute atomic E-state index is 0.175. The van der Waals surface area contributed by atoms with Gasteiger partial charge in [-0.2, -0.15) is 0 Å². The minimum atomic E-state index is 0.175. The summed E-state index contributed by atoms with van der Waals surface area (Å²) in [5, 5.41) is 5.30. The first-order valence-corrected chi connectivity index (χ1v) is 8.02. The van der Waals surface area contributed by atoms with Crippen molar-refractivity contribution in [3.05, 3.63) is 21.4 Å². The molecule has 18 heavy (non-hydrogen) atoms. The van der Waals surface area contributed by atoms with Crippen molar-refractivity contribution in [1.82, 2.24) is 5.32 Å². The molecular formula is C15H21NOS. The van der Waals surface area contributed by atoms with Crippen LogP contribution in [0.25, 0.3) is 0 Å². The molecule has 2 nitrogen and oxygen atoms in total. The number of thiophene rings is 1. The lowest BCUT2D eigenvalue weighted by atomic mass is 9.95. The molecule has 0 spiro atoms. The second-order valence-corrected chi connectivity index (χ2v) is 6.81. The van der Waals surface area contributed by atoms with Crippen LogP contribution in [0.15, 0.2) is 5.38 Å². The molecule has 2 aliphatic rings. The Hall–Kier alpha value is -0.830. The maximum Gasteiger partial charge on any atom is 0.252 e. The summed E-state index contributed by atoms with van der Waals surface area (Å²) >= 11 is 1.78. The number of hydrogen-bond acceptors (Lipinski definition) is 2. The number of rotatable bonds is 2. The number of carbonyl (C=O) groups excluding carboxylic acids is 1. The summed E-state index contributed by atoms with van der Waals surface area (Å²) < 4.78 is 0. The Morgan fingerprint density at radius 3 is 2.94 bits per heavy atom. The number of fused-ring (bicyclic) bond motifs is 1. The molecule has 98 valence electrons. The third kappa shape index (κ3) is 2.33. The predicted octanol–water partition coefficient (Wildman–Crippen LogP) is 3.55. The highest BCUT2D eigenvalue weighted by Gasteiger charge is 2.25. The molecule has 1 fully saturated rings. The Labute approximate surface area is 113 Å². The molecule has 0 bridgehead atoms. The molecule has 1 heterocycles. The van der Waals surface area contributed by atoms with Gasteiger partial charge in [-0.05, 0) is 56.4 Å². The van der Waals surface area contributed by atoms with Gasteiger partial charge in [0.1, 0.15) is 0 Å². The fourth-order valence-corrected chi connectivity index (χ4v) is 4.41. The van der Waals surface area contributed by atoms with Crippen LogP contribution in [0.3, 0.4) is 0 Å². The fourth-order valence-electron chi connectivity index (χ4n) is 3.29. The van der Waals surface area contributed by atoms with Gasteiger partial charge >= 0.3 is 0 Å². The van der Waals surface area contributed by atoms with Gasteiger partial charge in [-0.25, -0.2) is 0 Å². The van der Waals surface area contributed by atoms with Crippen molar-refractivity contribution in [1.29, 1.82) is 0 Å². The maximum atomic E-state index is 12.3. The SMILES string of the molecule is CC1CCC(NC(=O)c2csc3c2CCCC3)C1. The van der Waals surface area contributed by atoms with Gasteiger partial charge in [-0.3, -0.25) is 4.79 Å². The maximum absolute atomic E-state index is 12.3. The molecule has 0 aliphatic heterocycles. The third-order valence-electron chi connectivity index (χ3n) is 4.34. The topological polar surface area (TPSA) is 29.1 Å². The second kappa shape index (κ2) is 5.04. The molecule has 1 amide bonds. The molecule has 3 rings (SSSR count). The van der Waals surface area contributed by atoms with Gasteiger partial charge in [0.05, 0.1) is 5.56 Å². The zero-order valence-corrected chi connectivity index (χ0v) is 11.8. The Balaban J connectivity index is 1.70. The number of amides is 1. The highest BCUT2D eigenvalue weighted by atomic mass is 32.1. The normalized spacial score (nSPS) is 26.9. The Bertz CT molecular complexity index is 451. The quantitative estimate of drug-likeness (QED) is 0.868. The van der Waals surface area contributed by atoms with Crippen molar-refractivity contribution in [2.75, 3.05) is 0 Å². The van der Waals surface area contributed by atoms with Gasteiger partial charge in [0.2, 0.25) is 0 Å². The van der Waals surface area contributed by atoms with Crippen molar-refractivity contribution in [3.8, 4) is 0 Å². The standard InChI is InChI=1S/C15H21NOS/c1-10-6-7-11(8-10)16-15(17)13-9-18-14-5-3-2-4-12(13)14/h9-11H,2-8H2,1H3,(H,16,17). The highest BCUT2D eigenvalue weighted by molar-refractivity contribution is 7.10. The Morgan fingerprint density at radius 2 is 2.17 bits per heavy atom. The van der Waals surface area contributed by atoms with Crippen molar-refractivity contribution < 1.29 is 4.79 Å². The zero-order chi connectivity index (χ0) is 12.5. The first-order valence-electron chi connectivity index (χ1n) is 7.14. The van der Waals surface area contributed by atoms with Crippen LogP contribution in [0.1, 0.15) is 59.8 Å². The van der Waals surface area contributed by atoms with E-state index in [9.17, 15) is 4.79 Å². The van der Waals surface area contributed by atoms with Crippen LogP contribution in [0, 0.1) is 5.92 Å². The van der Waals surface area contributed by atoms with Crippen LogP contribution in [-0.2, 0) is 12.8 Å². The molecule has 0 aromatic carbocycles. The van der Waals surface area contributed by atoms with E-state index in [1.165, 1.54) is 36.1 Å². The van der Waals surface area contributed by atoms with Crippen molar-refractivity contribution in [2.45, 2.75) is 57.9 Å². The van der Waals surface area contributed by atoms with E-state index < -0.39 is 0 Å². The van der Waals surface area contributed by atoms with Crippen LogP contribution < -0.4 is 5.32 Å². The van der Waals surface area contributed by atoms with E-state index in [-0.39, 0.29) is 5.91 Å². The largest absolute Gasteiger partial charge is 0.349 e. The fraction of sp³-hybridized carbons (Fsp3) is 0.667. The second-order valence-electron chi connectivity index (χ2n) is 5.85. The molecule has 1 aromatic rings. The average Bonchev–Trinajstić information content (AvgIpc) is 2.95. The van der Waals surface area contributed by atoms with Crippen LogP contribution >= 0.6 is 11.3 Å². The smallest absolute Gasteiger partial charge is 0.252 e. The molecule has 1 saturated carbocycles. The minimum Gasteiger partial charge on any atom is -0.349 e. The van der Waals surface area contributed by atoms with Crippen LogP contribution in [0.5, 0.6) is 0 Å². The lowest BCUT2D eigenvalue weighted by molar-refractivity contribution is 0.0936.